The van der Waals surface area contributed by atoms with Gasteiger partial charge in [0.15, 0.2) is 0 Å². The molecule has 1 aromatic heterocycles. The van der Waals surface area contributed by atoms with Gasteiger partial charge in [-0.1, -0.05) is 22.0 Å². The summed E-state index contributed by atoms with van der Waals surface area (Å²) in [5, 5.41) is 0.968. The molecule has 1 aliphatic heterocycles. The van der Waals surface area contributed by atoms with Crippen LogP contribution < -0.4 is 5.73 Å². The van der Waals surface area contributed by atoms with Gasteiger partial charge in [0.1, 0.15) is 4.88 Å². The average molecular weight is 371 g/mol. The van der Waals surface area contributed by atoms with Gasteiger partial charge >= 0.3 is 0 Å². The van der Waals surface area contributed by atoms with Gasteiger partial charge in [-0.15, -0.1) is 11.3 Å². The van der Waals surface area contributed by atoms with Crippen molar-refractivity contribution >= 4 is 60.7 Å². The highest BCUT2D eigenvalue weighted by Gasteiger charge is 2.27. The van der Waals surface area contributed by atoms with Crippen LogP contribution in [0.25, 0.3) is 10.1 Å². The van der Waals surface area contributed by atoms with Crippen molar-refractivity contribution in [2.24, 2.45) is 0 Å². The van der Waals surface area contributed by atoms with Gasteiger partial charge < -0.3 is 10.6 Å². The highest BCUT2D eigenvalue weighted by Crippen LogP contribution is 2.36. The summed E-state index contributed by atoms with van der Waals surface area (Å²) in [6.45, 7) is 0. The Kier molecular flexibility index (Phi) is 3.97. The zero-order chi connectivity index (χ0) is 14.3. The molecule has 3 rings (SSSR count). The van der Waals surface area contributed by atoms with E-state index in [-0.39, 0.29) is 5.91 Å². The maximum atomic E-state index is 12.6. The summed E-state index contributed by atoms with van der Waals surface area (Å²) in [5.41, 5.74) is 6.78. The second-order valence-corrected chi connectivity index (χ2v) is 8.04. The zero-order valence-corrected chi connectivity index (χ0v) is 14.3. The molecule has 1 aliphatic rings. The van der Waals surface area contributed by atoms with E-state index in [0.29, 0.717) is 16.6 Å². The summed E-state index contributed by atoms with van der Waals surface area (Å²) in [4.78, 5) is 15.2. The largest absolute Gasteiger partial charge is 0.397 e. The molecule has 6 heteroatoms. The Hall–Kier alpha value is -0.720. The fourth-order valence-electron chi connectivity index (χ4n) is 2.40. The van der Waals surface area contributed by atoms with E-state index in [4.69, 9.17) is 5.73 Å². The molecule has 1 atom stereocenters. The minimum Gasteiger partial charge on any atom is -0.397 e. The molecule has 1 unspecified atom stereocenters. The van der Waals surface area contributed by atoms with Crippen molar-refractivity contribution < 1.29 is 4.79 Å². The molecule has 1 saturated heterocycles. The summed E-state index contributed by atoms with van der Waals surface area (Å²) in [6.07, 6.45) is 1.07. The van der Waals surface area contributed by atoms with Gasteiger partial charge in [-0.3, -0.25) is 4.79 Å². The van der Waals surface area contributed by atoms with Crippen LogP contribution in [0, 0.1) is 0 Å². The fraction of sp³-hybridized carbons (Fsp3) is 0.357. The highest BCUT2D eigenvalue weighted by molar-refractivity contribution is 9.10. The van der Waals surface area contributed by atoms with Crippen LogP contribution in [0.5, 0.6) is 0 Å². The SMILES string of the molecule is CN(C(=O)c1sc2cc(Br)ccc2c1N)C1CCSC1. The summed E-state index contributed by atoms with van der Waals surface area (Å²) in [7, 11) is 1.89. The number of carbonyl (C=O) groups is 1. The van der Waals surface area contributed by atoms with Crippen LogP contribution in [0.3, 0.4) is 0 Å². The lowest BCUT2D eigenvalue weighted by Gasteiger charge is -2.23. The van der Waals surface area contributed by atoms with Crippen LogP contribution in [0.1, 0.15) is 16.1 Å². The number of carbonyl (C=O) groups excluding carboxylic acids is 1. The molecule has 106 valence electrons. The zero-order valence-electron chi connectivity index (χ0n) is 11.1. The third kappa shape index (κ3) is 2.44. The van der Waals surface area contributed by atoms with Crippen LogP contribution in [0.4, 0.5) is 5.69 Å². The number of benzene rings is 1. The number of thioether (sulfide) groups is 1. The van der Waals surface area contributed by atoms with Crippen LogP contribution in [0.2, 0.25) is 0 Å². The standard InChI is InChI=1S/C14H15BrN2OS2/c1-17(9-4-5-19-7-9)14(18)13-12(16)10-3-2-8(15)6-11(10)20-13/h2-3,6,9H,4-5,7,16H2,1H3. The Labute approximate surface area is 134 Å². The minimum atomic E-state index is 0.0484. The number of anilines is 1. The van der Waals surface area contributed by atoms with Crippen molar-refractivity contribution in [1.82, 2.24) is 4.90 Å². The average Bonchev–Trinajstić information content (AvgIpc) is 3.05. The normalized spacial score (nSPS) is 18.6. The Balaban J connectivity index is 1.96. The van der Waals surface area contributed by atoms with Crippen molar-refractivity contribution in [3.05, 3.63) is 27.5 Å². The summed E-state index contributed by atoms with van der Waals surface area (Å²) in [6, 6.07) is 6.27. The number of hydrogen-bond donors (Lipinski definition) is 1. The van der Waals surface area contributed by atoms with E-state index < -0.39 is 0 Å². The molecular weight excluding hydrogens is 356 g/mol. The van der Waals surface area contributed by atoms with Crippen molar-refractivity contribution in [1.29, 1.82) is 0 Å². The second-order valence-electron chi connectivity index (χ2n) is 4.92. The Bertz CT molecular complexity index is 664. The van der Waals surface area contributed by atoms with Crippen LogP contribution in [0.15, 0.2) is 22.7 Å². The smallest absolute Gasteiger partial charge is 0.266 e. The van der Waals surface area contributed by atoms with E-state index in [2.05, 4.69) is 15.9 Å². The van der Waals surface area contributed by atoms with Gasteiger partial charge in [0.25, 0.3) is 5.91 Å². The van der Waals surface area contributed by atoms with E-state index in [9.17, 15) is 4.79 Å². The number of amides is 1. The number of halogens is 1. The van der Waals surface area contributed by atoms with Crippen molar-refractivity contribution in [3.8, 4) is 0 Å². The van der Waals surface area contributed by atoms with Crippen molar-refractivity contribution in [3.63, 3.8) is 0 Å². The minimum absolute atomic E-state index is 0.0484. The third-order valence-corrected chi connectivity index (χ3v) is 6.45. The topological polar surface area (TPSA) is 46.3 Å². The molecule has 0 bridgehead atoms. The van der Waals surface area contributed by atoms with Gasteiger partial charge in [0.2, 0.25) is 0 Å². The molecule has 1 fully saturated rings. The second kappa shape index (κ2) is 5.58. The van der Waals surface area contributed by atoms with Gasteiger partial charge in [0, 0.05) is 33.4 Å². The molecule has 3 nitrogen and oxygen atoms in total. The molecule has 0 spiro atoms. The van der Waals surface area contributed by atoms with E-state index >= 15 is 0 Å². The predicted octanol–water partition coefficient (Wildman–Crippen LogP) is 3.82. The summed E-state index contributed by atoms with van der Waals surface area (Å²) in [5.74, 6) is 2.21. The molecule has 20 heavy (non-hydrogen) atoms. The van der Waals surface area contributed by atoms with Crippen LogP contribution in [-0.4, -0.2) is 35.4 Å². The van der Waals surface area contributed by atoms with Crippen LogP contribution >= 0.6 is 39.0 Å². The fourth-order valence-corrected chi connectivity index (χ4v) is 5.33. The van der Waals surface area contributed by atoms with Gasteiger partial charge in [-0.25, -0.2) is 0 Å². The molecule has 2 heterocycles. The highest BCUT2D eigenvalue weighted by atomic mass is 79.9. The Morgan fingerprint density at radius 1 is 1.50 bits per heavy atom. The van der Waals surface area contributed by atoms with Crippen LogP contribution in [-0.2, 0) is 0 Å². The number of fused-ring (bicyclic) bond motifs is 1. The first-order valence-electron chi connectivity index (χ1n) is 6.40. The lowest BCUT2D eigenvalue weighted by molar-refractivity contribution is 0.0754. The molecule has 1 aromatic carbocycles. The maximum absolute atomic E-state index is 12.6. The van der Waals surface area contributed by atoms with E-state index in [1.54, 1.807) is 0 Å². The lowest BCUT2D eigenvalue weighted by atomic mass is 10.2. The van der Waals surface area contributed by atoms with Gasteiger partial charge in [-0.05, 0) is 24.3 Å². The molecule has 1 amide bonds. The van der Waals surface area contributed by atoms with E-state index in [1.165, 1.54) is 11.3 Å². The van der Waals surface area contributed by atoms with Crippen molar-refractivity contribution in [2.75, 3.05) is 24.3 Å². The first-order valence-corrected chi connectivity index (χ1v) is 9.17. The Morgan fingerprint density at radius 2 is 2.30 bits per heavy atom. The number of hydrogen-bond acceptors (Lipinski definition) is 4. The monoisotopic (exact) mass is 370 g/mol. The summed E-state index contributed by atoms with van der Waals surface area (Å²) >= 11 is 6.84. The number of nitrogen functional groups attached to an aromatic ring is 1. The molecule has 0 radical (unpaired) electrons. The molecule has 0 aliphatic carbocycles. The summed E-state index contributed by atoms with van der Waals surface area (Å²) < 4.78 is 2.06. The van der Waals surface area contributed by atoms with E-state index in [0.717, 1.165) is 32.5 Å². The molecular formula is C14H15BrN2OS2. The van der Waals surface area contributed by atoms with Gasteiger partial charge in [-0.2, -0.15) is 11.8 Å². The number of rotatable bonds is 2. The number of thiophene rings is 1. The quantitative estimate of drug-likeness (QED) is 0.873. The molecule has 2 N–H and O–H groups in total. The predicted molar refractivity (Wildman–Crippen MR) is 91.8 cm³/mol. The van der Waals surface area contributed by atoms with E-state index in [1.807, 2.05) is 41.9 Å². The van der Waals surface area contributed by atoms with Gasteiger partial charge in [0.05, 0.1) is 5.69 Å². The third-order valence-electron chi connectivity index (χ3n) is 3.66. The number of nitrogens with two attached hydrogens (primary N) is 1. The first kappa shape index (κ1) is 14.2. The molecule has 0 saturated carbocycles. The van der Waals surface area contributed by atoms with Crippen molar-refractivity contribution in [2.45, 2.75) is 12.5 Å². The molecule has 2 aromatic rings. The first-order chi connectivity index (χ1) is 9.58. The number of nitrogens with zero attached hydrogens (tertiary/aromatic N) is 1. The maximum Gasteiger partial charge on any atom is 0.266 e. The lowest BCUT2D eigenvalue weighted by Crippen LogP contribution is -2.36. The Morgan fingerprint density at radius 3 is 3.00 bits per heavy atom.